The number of nitrogens with zero attached hydrogens (tertiary/aromatic N) is 1. The Bertz CT molecular complexity index is 513. The van der Waals surface area contributed by atoms with E-state index in [2.05, 4.69) is 11.9 Å². The molecule has 134 valence electrons. The number of carbonyl (C=O) groups excluding carboxylic acids is 4. The molecule has 0 aromatic heterocycles. The molecule has 3 amide bonds. The van der Waals surface area contributed by atoms with E-state index >= 15 is 0 Å². The van der Waals surface area contributed by atoms with Gasteiger partial charge in [0.15, 0.2) is 0 Å². The summed E-state index contributed by atoms with van der Waals surface area (Å²) in [5.41, 5.74) is -0.725. The fourth-order valence-corrected chi connectivity index (χ4v) is 2.55. The zero-order valence-corrected chi connectivity index (χ0v) is 14.8. The lowest BCUT2D eigenvalue weighted by molar-refractivity contribution is -0.145. The highest BCUT2D eigenvalue weighted by Gasteiger charge is 2.32. The van der Waals surface area contributed by atoms with E-state index in [1.807, 2.05) is 0 Å². The van der Waals surface area contributed by atoms with Crippen LogP contribution >= 0.6 is 11.8 Å². The Morgan fingerprint density at radius 2 is 2.08 bits per heavy atom. The zero-order chi connectivity index (χ0) is 18.3. The summed E-state index contributed by atoms with van der Waals surface area (Å²) in [6.45, 7) is 8.51. The van der Waals surface area contributed by atoms with Crippen LogP contribution in [0.2, 0.25) is 0 Å². The average molecular weight is 358 g/mol. The van der Waals surface area contributed by atoms with Gasteiger partial charge < -0.3 is 14.8 Å². The van der Waals surface area contributed by atoms with Crippen LogP contribution in [0.3, 0.4) is 0 Å². The van der Waals surface area contributed by atoms with Crippen molar-refractivity contribution in [3.63, 3.8) is 0 Å². The topological polar surface area (TPSA) is 102 Å². The summed E-state index contributed by atoms with van der Waals surface area (Å²) < 4.78 is 10.0. The van der Waals surface area contributed by atoms with Crippen molar-refractivity contribution in [3.05, 3.63) is 12.7 Å². The maximum absolute atomic E-state index is 12.0. The minimum atomic E-state index is -1.04. The number of carbonyl (C=O) groups is 4. The van der Waals surface area contributed by atoms with E-state index < -0.39 is 23.7 Å². The number of rotatable bonds is 7. The van der Waals surface area contributed by atoms with Crippen LogP contribution in [0.15, 0.2) is 12.7 Å². The van der Waals surface area contributed by atoms with Gasteiger partial charge in [-0.1, -0.05) is 24.4 Å². The van der Waals surface area contributed by atoms with Gasteiger partial charge in [-0.3, -0.25) is 14.5 Å². The molecule has 0 aromatic carbocycles. The first kappa shape index (κ1) is 20.0. The highest BCUT2D eigenvalue weighted by molar-refractivity contribution is 8.14. The molecule has 1 fully saturated rings. The van der Waals surface area contributed by atoms with Gasteiger partial charge in [0, 0.05) is 6.54 Å². The van der Waals surface area contributed by atoms with E-state index in [4.69, 9.17) is 9.47 Å². The van der Waals surface area contributed by atoms with E-state index in [1.165, 1.54) is 6.08 Å². The number of ether oxygens (including phenoxy) is 2. The van der Waals surface area contributed by atoms with Crippen molar-refractivity contribution < 1.29 is 28.7 Å². The highest BCUT2D eigenvalue weighted by Crippen LogP contribution is 2.19. The molecule has 1 atom stereocenters. The van der Waals surface area contributed by atoms with Crippen molar-refractivity contribution in [1.29, 1.82) is 0 Å². The van der Waals surface area contributed by atoms with Crippen LogP contribution in [0, 0.1) is 0 Å². The molecule has 1 unspecified atom stereocenters. The maximum atomic E-state index is 12.0. The first-order valence-electron chi connectivity index (χ1n) is 7.38. The largest absolute Gasteiger partial charge is 0.460 e. The SMILES string of the molecule is C=CCOC(=O)C(CCN1C(=O)CSC1=O)NC(=O)OC(C)(C)C. The minimum absolute atomic E-state index is 0.00825. The molecule has 1 heterocycles. The number of esters is 1. The van der Waals surface area contributed by atoms with Crippen LogP contribution in [-0.2, 0) is 19.1 Å². The molecule has 0 bridgehead atoms. The quantitative estimate of drug-likeness (QED) is 0.546. The first-order valence-corrected chi connectivity index (χ1v) is 8.37. The Morgan fingerprint density at radius 3 is 2.58 bits per heavy atom. The van der Waals surface area contributed by atoms with Crippen molar-refractivity contribution in [2.24, 2.45) is 0 Å². The van der Waals surface area contributed by atoms with Crippen LogP contribution in [0.4, 0.5) is 9.59 Å². The summed E-state index contributed by atoms with van der Waals surface area (Å²) in [7, 11) is 0. The molecule has 0 spiro atoms. The zero-order valence-electron chi connectivity index (χ0n) is 14.0. The molecule has 1 rings (SSSR count). The lowest BCUT2D eigenvalue weighted by Gasteiger charge is -2.23. The average Bonchev–Trinajstić information content (AvgIpc) is 2.78. The highest BCUT2D eigenvalue weighted by atomic mass is 32.2. The molecule has 9 heteroatoms. The van der Waals surface area contributed by atoms with Gasteiger partial charge in [0.25, 0.3) is 5.24 Å². The van der Waals surface area contributed by atoms with E-state index in [0.717, 1.165) is 16.7 Å². The van der Waals surface area contributed by atoms with Crippen LogP contribution in [0.25, 0.3) is 0 Å². The van der Waals surface area contributed by atoms with Gasteiger partial charge in [-0.05, 0) is 27.2 Å². The van der Waals surface area contributed by atoms with Crippen molar-refractivity contribution >= 4 is 35.0 Å². The summed E-state index contributed by atoms with van der Waals surface area (Å²) in [6.07, 6.45) is 0.649. The van der Waals surface area contributed by atoms with Gasteiger partial charge >= 0.3 is 12.1 Å². The third-order valence-corrected chi connectivity index (χ3v) is 3.66. The fraction of sp³-hybridized carbons (Fsp3) is 0.600. The van der Waals surface area contributed by atoms with Gasteiger partial charge in [0.2, 0.25) is 5.91 Å². The molecule has 24 heavy (non-hydrogen) atoms. The van der Waals surface area contributed by atoms with Gasteiger partial charge in [0.1, 0.15) is 18.2 Å². The minimum Gasteiger partial charge on any atom is -0.460 e. The normalized spacial score (nSPS) is 15.9. The van der Waals surface area contributed by atoms with Crippen molar-refractivity contribution in [3.8, 4) is 0 Å². The molecular formula is C15H22N2O6S. The molecule has 0 radical (unpaired) electrons. The number of nitrogens with one attached hydrogen (secondary N) is 1. The summed E-state index contributed by atoms with van der Waals surface area (Å²) in [5.74, 6) is -0.919. The summed E-state index contributed by atoms with van der Waals surface area (Å²) >= 11 is 0.905. The molecule has 1 saturated heterocycles. The number of amides is 3. The molecule has 1 N–H and O–H groups in total. The number of alkyl carbamates (subject to hydrolysis) is 1. The van der Waals surface area contributed by atoms with E-state index in [-0.39, 0.29) is 36.5 Å². The summed E-state index contributed by atoms with van der Waals surface area (Å²) in [5, 5.41) is 2.04. The van der Waals surface area contributed by atoms with Gasteiger partial charge in [-0.15, -0.1) is 0 Å². The van der Waals surface area contributed by atoms with Crippen LogP contribution in [-0.4, -0.2) is 58.7 Å². The van der Waals surface area contributed by atoms with E-state index in [9.17, 15) is 19.2 Å². The summed E-state index contributed by atoms with van der Waals surface area (Å²) in [6, 6.07) is -1.04. The molecule has 0 aromatic rings. The number of hydrogen-bond acceptors (Lipinski definition) is 7. The van der Waals surface area contributed by atoms with Crippen LogP contribution in [0.1, 0.15) is 27.2 Å². The standard InChI is InChI=1S/C15H22N2O6S/c1-5-8-22-12(19)10(16-13(20)23-15(2,3)4)6-7-17-11(18)9-24-14(17)21/h5,10H,1,6-9H2,2-4H3,(H,16,20). The fourth-order valence-electron chi connectivity index (χ4n) is 1.80. The lowest BCUT2D eigenvalue weighted by atomic mass is 10.2. The molecule has 0 aliphatic carbocycles. The lowest BCUT2D eigenvalue weighted by Crippen LogP contribution is -2.46. The van der Waals surface area contributed by atoms with E-state index in [0.29, 0.717) is 0 Å². The predicted molar refractivity (Wildman–Crippen MR) is 88.5 cm³/mol. The van der Waals surface area contributed by atoms with E-state index in [1.54, 1.807) is 20.8 Å². The second kappa shape index (κ2) is 8.72. The molecule has 1 aliphatic rings. The number of hydrogen-bond donors (Lipinski definition) is 1. The number of thioether (sulfide) groups is 1. The van der Waals surface area contributed by atoms with Crippen molar-refractivity contribution in [2.45, 2.75) is 38.8 Å². The molecule has 1 aliphatic heterocycles. The third-order valence-electron chi connectivity index (χ3n) is 2.80. The Hall–Kier alpha value is -2.03. The summed E-state index contributed by atoms with van der Waals surface area (Å²) in [4.78, 5) is 48.1. The van der Waals surface area contributed by atoms with Crippen LogP contribution in [0.5, 0.6) is 0 Å². The monoisotopic (exact) mass is 358 g/mol. The Kier molecular flexibility index (Phi) is 7.27. The van der Waals surface area contributed by atoms with Crippen molar-refractivity contribution in [1.82, 2.24) is 10.2 Å². The number of imide groups is 1. The Morgan fingerprint density at radius 1 is 1.42 bits per heavy atom. The molecule has 0 saturated carbocycles. The first-order chi connectivity index (χ1) is 11.1. The smallest absolute Gasteiger partial charge is 0.408 e. The Labute approximate surface area is 144 Å². The Balaban J connectivity index is 2.68. The van der Waals surface area contributed by atoms with Gasteiger partial charge in [0.05, 0.1) is 5.75 Å². The van der Waals surface area contributed by atoms with Gasteiger partial charge in [-0.2, -0.15) is 0 Å². The molecular weight excluding hydrogens is 336 g/mol. The third kappa shape index (κ3) is 6.61. The predicted octanol–water partition coefficient (Wildman–Crippen LogP) is 1.69. The van der Waals surface area contributed by atoms with Gasteiger partial charge in [-0.25, -0.2) is 9.59 Å². The second-order valence-electron chi connectivity index (χ2n) is 6.01. The molecule has 8 nitrogen and oxygen atoms in total. The maximum Gasteiger partial charge on any atom is 0.408 e. The van der Waals surface area contributed by atoms with Crippen LogP contribution < -0.4 is 5.32 Å². The van der Waals surface area contributed by atoms with Crippen molar-refractivity contribution in [2.75, 3.05) is 18.9 Å². The second-order valence-corrected chi connectivity index (χ2v) is 6.93.